The minimum Gasteiger partial charge on any atom is -0.379 e. The van der Waals surface area contributed by atoms with E-state index in [4.69, 9.17) is 9.47 Å². The molecule has 1 aliphatic heterocycles. The Kier molecular flexibility index (Phi) is 7.13. The van der Waals surface area contributed by atoms with E-state index in [1.165, 1.54) is 4.88 Å². The lowest BCUT2D eigenvalue weighted by molar-refractivity contribution is 0.00618. The van der Waals surface area contributed by atoms with Crippen molar-refractivity contribution in [3.63, 3.8) is 0 Å². The Balaban J connectivity index is 1.89. The van der Waals surface area contributed by atoms with Gasteiger partial charge in [-0.25, -0.2) is 0 Å². The molecule has 0 saturated carbocycles. The minimum atomic E-state index is 0.311. The summed E-state index contributed by atoms with van der Waals surface area (Å²) in [6.45, 7) is 10.7. The summed E-state index contributed by atoms with van der Waals surface area (Å²) in [6.07, 6.45) is 0.311. The van der Waals surface area contributed by atoms with Crippen LogP contribution in [-0.2, 0) is 9.47 Å². The Morgan fingerprint density at radius 2 is 2.14 bits per heavy atom. The van der Waals surface area contributed by atoms with Crippen molar-refractivity contribution >= 4 is 11.3 Å². The van der Waals surface area contributed by atoms with E-state index in [0.29, 0.717) is 12.1 Å². The molecular formula is C16H28N2O2S. The van der Waals surface area contributed by atoms with Crippen LogP contribution in [0.15, 0.2) is 17.5 Å². The van der Waals surface area contributed by atoms with Crippen LogP contribution in [-0.4, -0.2) is 69.0 Å². The van der Waals surface area contributed by atoms with Gasteiger partial charge in [0.15, 0.2) is 0 Å². The molecule has 2 rings (SSSR count). The van der Waals surface area contributed by atoms with Gasteiger partial charge in [0.1, 0.15) is 0 Å². The highest BCUT2D eigenvalue weighted by Gasteiger charge is 2.24. The van der Waals surface area contributed by atoms with Gasteiger partial charge in [-0.3, -0.25) is 4.90 Å². The molecule has 5 heteroatoms. The largest absolute Gasteiger partial charge is 0.379 e. The summed E-state index contributed by atoms with van der Waals surface area (Å²) in [6, 6.07) is 4.87. The third-order valence-electron chi connectivity index (χ3n) is 3.77. The highest BCUT2D eigenvalue weighted by molar-refractivity contribution is 7.10. The summed E-state index contributed by atoms with van der Waals surface area (Å²) in [5.74, 6) is 0. The van der Waals surface area contributed by atoms with Gasteiger partial charge < -0.3 is 14.4 Å². The quantitative estimate of drug-likeness (QED) is 0.736. The maximum Gasteiger partial charge on any atom is 0.0596 e. The standard InChI is InChI=1S/C16H28N2O2S/c1-14(2)20-11-6-17(3)13-15(16-5-4-12-21-16)18-7-9-19-10-8-18/h4-5,12,14-15H,6-11,13H2,1-3H3/t15-/m0/s1. The van der Waals surface area contributed by atoms with Crippen LogP contribution in [0.5, 0.6) is 0 Å². The van der Waals surface area contributed by atoms with Gasteiger partial charge in [0, 0.05) is 31.1 Å². The van der Waals surface area contributed by atoms with Crippen molar-refractivity contribution in [1.82, 2.24) is 9.80 Å². The van der Waals surface area contributed by atoms with Crippen molar-refractivity contribution in [3.05, 3.63) is 22.4 Å². The number of likely N-dealkylation sites (N-methyl/N-ethyl adjacent to an activating group) is 1. The molecule has 1 aromatic heterocycles. The predicted molar refractivity (Wildman–Crippen MR) is 88.0 cm³/mol. The normalized spacial score (nSPS) is 18.5. The maximum atomic E-state index is 5.66. The number of ether oxygens (including phenoxy) is 2. The highest BCUT2D eigenvalue weighted by atomic mass is 32.1. The fraction of sp³-hybridized carbons (Fsp3) is 0.750. The van der Waals surface area contributed by atoms with E-state index in [1.807, 2.05) is 11.3 Å². The molecule has 4 nitrogen and oxygen atoms in total. The van der Waals surface area contributed by atoms with E-state index in [0.717, 1.165) is 46.0 Å². The molecular weight excluding hydrogens is 284 g/mol. The van der Waals surface area contributed by atoms with Crippen LogP contribution in [0.4, 0.5) is 0 Å². The fourth-order valence-corrected chi connectivity index (χ4v) is 3.44. The smallest absolute Gasteiger partial charge is 0.0596 e. The van der Waals surface area contributed by atoms with Crippen molar-refractivity contribution in [1.29, 1.82) is 0 Å². The number of hydrogen-bond acceptors (Lipinski definition) is 5. The summed E-state index contributed by atoms with van der Waals surface area (Å²) in [5, 5.41) is 2.17. The second-order valence-corrected chi connectivity index (χ2v) is 6.84. The molecule has 1 atom stereocenters. The van der Waals surface area contributed by atoms with E-state index in [9.17, 15) is 0 Å². The Labute approximate surface area is 132 Å². The molecule has 1 aliphatic rings. The third-order valence-corrected chi connectivity index (χ3v) is 4.74. The first kappa shape index (κ1) is 16.9. The minimum absolute atomic E-state index is 0.311. The van der Waals surface area contributed by atoms with E-state index in [-0.39, 0.29) is 0 Å². The first-order valence-corrected chi connectivity index (χ1v) is 8.70. The number of morpholine rings is 1. The van der Waals surface area contributed by atoms with Crippen LogP contribution >= 0.6 is 11.3 Å². The number of rotatable bonds is 8. The van der Waals surface area contributed by atoms with Crippen LogP contribution in [0.25, 0.3) is 0 Å². The maximum absolute atomic E-state index is 5.66. The zero-order chi connectivity index (χ0) is 15.1. The number of nitrogens with zero attached hydrogens (tertiary/aromatic N) is 2. The molecule has 0 aromatic carbocycles. The first-order valence-electron chi connectivity index (χ1n) is 7.82. The van der Waals surface area contributed by atoms with Gasteiger partial charge in [-0.05, 0) is 32.3 Å². The first-order chi connectivity index (χ1) is 10.2. The summed E-state index contributed by atoms with van der Waals surface area (Å²) in [7, 11) is 2.19. The molecule has 1 saturated heterocycles. The summed E-state index contributed by atoms with van der Waals surface area (Å²) in [5.41, 5.74) is 0. The average Bonchev–Trinajstić information content (AvgIpc) is 2.99. The third kappa shape index (κ3) is 5.68. The van der Waals surface area contributed by atoms with Crippen molar-refractivity contribution in [2.24, 2.45) is 0 Å². The van der Waals surface area contributed by atoms with E-state index < -0.39 is 0 Å². The SMILES string of the molecule is CC(C)OCCN(C)C[C@@H](c1cccs1)N1CCOCC1. The van der Waals surface area contributed by atoms with Gasteiger partial charge in [0.25, 0.3) is 0 Å². The molecule has 0 bridgehead atoms. The van der Waals surface area contributed by atoms with Gasteiger partial charge in [-0.1, -0.05) is 6.07 Å². The van der Waals surface area contributed by atoms with Crippen LogP contribution < -0.4 is 0 Å². The molecule has 120 valence electrons. The summed E-state index contributed by atoms with van der Waals surface area (Å²) in [4.78, 5) is 6.38. The van der Waals surface area contributed by atoms with Gasteiger partial charge in [0.2, 0.25) is 0 Å². The van der Waals surface area contributed by atoms with Crippen LogP contribution in [0.3, 0.4) is 0 Å². The topological polar surface area (TPSA) is 24.9 Å². The second-order valence-electron chi connectivity index (χ2n) is 5.86. The summed E-state index contributed by atoms with van der Waals surface area (Å²) >= 11 is 1.86. The Morgan fingerprint density at radius 1 is 1.38 bits per heavy atom. The van der Waals surface area contributed by atoms with Gasteiger partial charge in [0.05, 0.1) is 32.0 Å². The molecule has 0 unspecified atom stereocenters. The van der Waals surface area contributed by atoms with Gasteiger partial charge in [-0.15, -0.1) is 11.3 Å². The molecule has 1 fully saturated rings. The van der Waals surface area contributed by atoms with E-state index in [1.54, 1.807) is 0 Å². The number of hydrogen-bond donors (Lipinski definition) is 0. The number of thiophene rings is 1. The van der Waals surface area contributed by atoms with E-state index in [2.05, 4.69) is 48.2 Å². The van der Waals surface area contributed by atoms with Crippen LogP contribution in [0, 0.1) is 0 Å². The molecule has 0 spiro atoms. The monoisotopic (exact) mass is 312 g/mol. The molecule has 0 amide bonds. The molecule has 0 aliphatic carbocycles. The lowest BCUT2D eigenvalue weighted by Gasteiger charge is -2.36. The van der Waals surface area contributed by atoms with Crippen molar-refractivity contribution in [3.8, 4) is 0 Å². The van der Waals surface area contributed by atoms with Crippen molar-refractivity contribution in [2.75, 3.05) is 53.0 Å². The average molecular weight is 312 g/mol. The van der Waals surface area contributed by atoms with Crippen molar-refractivity contribution in [2.45, 2.75) is 26.0 Å². The van der Waals surface area contributed by atoms with E-state index >= 15 is 0 Å². The van der Waals surface area contributed by atoms with Crippen molar-refractivity contribution < 1.29 is 9.47 Å². The highest BCUT2D eigenvalue weighted by Crippen LogP contribution is 2.26. The van der Waals surface area contributed by atoms with Gasteiger partial charge >= 0.3 is 0 Å². The molecule has 0 radical (unpaired) electrons. The molecule has 0 N–H and O–H groups in total. The zero-order valence-corrected chi connectivity index (χ0v) is 14.3. The predicted octanol–water partition coefficient (Wildman–Crippen LogP) is 2.48. The molecule has 21 heavy (non-hydrogen) atoms. The zero-order valence-electron chi connectivity index (χ0n) is 13.5. The van der Waals surface area contributed by atoms with Gasteiger partial charge in [-0.2, -0.15) is 0 Å². The Morgan fingerprint density at radius 3 is 2.76 bits per heavy atom. The molecule has 1 aromatic rings. The van der Waals surface area contributed by atoms with Crippen LogP contribution in [0.1, 0.15) is 24.8 Å². The fourth-order valence-electron chi connectivity index (χ4n) is 2.59. The second kappa shape index (κ2) is 8.86. The lowest BCUT2D eigenvalue weighted by Crippen LogP contribution is -2.43. The molecule has 2 heterocycles. The van der Waals surface area contributed by atoms with Crippen LogP contribution in [0.2, 0.25) is 0 Å². The Hall–Kier alpha value is -0.460. The lowest BCUT2D eigenvalue weighted by atomic mass is 10.1. The summed E-state index contributed by atoms with van der Waals surface area (Å²) < 4.78 is 11.1. The Bertz CT molecular complexity index is 378.